The monoisotopic (exact) mass is 398 g/mol. The van der Waals surface area contributed by atoms with Crippen LogP contribution in [0.2, 0.25) is 0 Å². The molecule has 2 heterocycles. The van der Waals surface area contributed by atoms with Crippen LogP contribution in [-0.4, -0.2) is 65.9 Å². The average Bonchev–Trinajstić information content (AvgIpc) is 2.73. The molecule has 0 N–H and O–H groups in total. The standard InChI is InChI=1S/C22H31FN6/c1-6-9-11-28(5)21(18(8-3)19(23)10-7-2)26-20-16-24-17-25-22(20)29-14-12-27(4)13-15-29/h7-11,16-17H,2,6,12-15H2,1,3-5H3/b11-9+,18-8+,19-10+,26-21?. The number of aromatic nitrogens is 2. The highest BCUT2D eigenvalue weighted by atomic mass is 19.1. The summed E-state index contributed by atoms with van der Waals surface area (Å²) in [4.78, 5) is 19.7. The molecule has 0 amide bonds. The van der Waals surface area contributed by atoms with Crippen LogP contribution in [0.25, 0.3) is 0 Å². The molecule has 7 heteroatoms. The van der Waals surface area contributed by atoms with Gasteiger partial charge in [0, 0.05) is 45.0 Å². The number of nitrogens with zero attached hydrogens (tertiary/aromatic N) is 6. The van der Waals surface area contributed by atoms with E-state index < -0.39 is 5.83 Å². The van der Waals surface area contributed by atoms with E-state index in [0.717, 1.165) is 38.4 Å². The first-order valence-corrected chi connectivity index (χ1v) is 9.88. The molecule has 1 aliphatic heterocycles. The number of rotatable bonds is 7. The third kappa shape index (κ3) is 6.09. The van der Waals surface area contributed by atoms with Gasteiger partial charge in [-0.15, -0.1) is 0 Å². The fourth-order valence-corrected chi connectivity index (χ4v) is 3.00. The van der Waals surface area contributed by atoms with E-state index >= 15 is 0 Å². The molecule has 0 saturated carbocycles. The normalized spacial score (nSPS) is 17.1. The van der Waals surface area contributed by atoms with E-state index in [-0.39, 0.29) is 0 Å². The lowest BCUT2D eigenvalue weighted by Gasteiger charge is -2.33. The zero-order valence-electron chi connectivity index (χ0n) is 17.8. The second-order valence-electron chi connectivity index (χ2n) is 6.81. The molecule has 1 aliphatic rings. The van der Waals surface area contributed by atoms with Gasteiger partial charge in [-0.25, -0.2) is 19.4 Å². The molecule has 0 bridgehead atoms. The molecule has 2 rings (SSSR count). The molecule has 1 aromatic rings. The number of allylic oxidation sites excluding steroid dienone is 4. The Balaban J connectivity index is 2.52. The Morgan fingerprint density at radius 1 is 1.34 bits per heavy atom. The Morgan fingerprint density at radius 2 is 2.07 bits per heavy atom. The number of halogens is 1. The quantitative estimate of drug-likeness (QED) is 0.393. The number of hydrogen-bond acceptors (Lipinski definition) is 5. The molecule has 0 aromatic carbocycles. The second-order valence-corrected chi connectivity index (χ2v) is 6.81. The summed E-state index contributed by atoms with van der Waals surface area (Å²) in [5.74, 6) is 0.857. The van der Waals surface area contributed by atoms with Gasteiger partial charge in [-0.1, -0.05) is 31.7 Å². The van der Waals surface area contributed by atoms with Crippen LogP contribution in [0.5, 0.6) is 0 Å². The topological polar surface area (TPSA) is 47.9 Å². The van der Waals surface area contributed by atoms with Crippen molar-refractivity contribution >= 4 is 17.3 Å². The molecular formula is C22H31FN6. The lowest BCUT2D eigenvalue weighted by Crippen LogP contribution is -2.44. The van der Waals surface area contributed by atoms with Crippen LogP contribution in [0.15, 0.2) is 66.0 Å². The molecule has 0 spiro atoms. The Bertz CT molecular complexity index is 803. The lowest BCUT2D eigenvalue weighted by atomic mass is 10.1. The molecule has 0 aliphatic carbocycles. The summed E-state index contributed by atoms with van der Waals surface area (Å²) >= 11 is 0. The molecule has 1 fully saturated rings. The zero-order valence-corrected chi connectivity index (χ0v) is 17.8. The van der Waals surface area contributed by atoms with Gasteiger partial charge < -0.3 is 14.7 Å². The van der Waals surface area contributed by atoms with Crippen LogP contribution >= 0.6 is 0 Å². The van der Waals surface area contributed by atoms with Crippen LogP contribution in [-0.2, 0) is 0 Å². The Kier molecular flexibility index (Phi) is 8.73. The van der Waals surface area contributed by atoms with Crippen molar-refractivity contribution in [2.45, 2.75) is 20.3 Å². The molecule has 0 unspecified atom stereocenters. The van der Waals surface area contributed by atoms with Crippen LogP contribution in [0.1, 0.15) is 20.3 Å². The summed E-state index contributed by atoms with van der Waals surface area (Å²) in [6, 6.07) is 0. The summed E-state index contributed by atoms with van der Waals surface area (Å²) in [5.41, 5.74) is 1.01. The van der Waals surface area contributed by atoms with Crippen molar-refractivity contribution in [2.75, 3.05) is 45.2 Å². The number of piperazine rings is 1. The van der Waals surface area contributed by atoms with Crippen molar-refractivity contribution in [1.82, 2.24) is 19.8 Å². The van der Waals surface area contributed by atoms with Crippen LogP contribution in [0.3, 0.4) is 0 Å². The van der Waals surface area contributed by atoms with Gasteiger partial charge in [0.2, 0.25) is 0 Å². The van der Waals surface area contributed by atoms with Crippen LogP contribution in [0.4, 0.5) is 15.9 Å². The van der Waals surface area contributed by atoms with Crippen molar-refractivity contribution in [2.24, 2.45) is 4.99 Å². The molecule has 156 valence electrons. The number of likely N-dealkylation sites (N-methyl/N-ethyl adjacent to an activating group) is 2. The minimum absolute atomic E-state index is 0.390. The predicted octanol–water partition coefficient (Wildman–Crippen LogP) is 4.10. The van der Waals surface area contributed by atoms with Crippen molar-refractivity contribution in [3.05, 3.63) is 61.0 Å². The summed E-state index contributed by atoms with van der Waals surface area (Å²) in [6.45, 7) is 11.1. The summed E-state index contributed by atoms with van der Waals surface area (Å²) < 4.78 is 14.7. The summed E-state index contributed by atoms with van der Waals surface area (Å²) in [5, 5.41) is 0. The Morgan fingerprint density at radius 3 is 2.69 bits per heavy atom. The van der Waals surface area contributed by atoms with Gasteiger partial charge in [0.05, 0.1) is 6.20 Å². The summed E-state index contributed by atoms with van der Waals surface area (Å²) in [7, 11) is 3.96. The fraction of sp³-hybridized carbons (Fsp3) is 0.409. The van der Waals surface area contributed by atoms with Gasteiger partial charge >= 0.3 is 0 Å². The number of amidine groups is 1. The molecule has 0 atom stereocenters. The van der Waals surface area contributed by atoms with Crippen molar-refractivity contribution in [1.29, 1.82) is 0 Å². The van der Waals surface area contributed by atoms with E-state index in [1.807, 2.05) is 31.1 Å². The second kappa shape index (κ2) is 11.3. The number of anilines is 1. The van der Waals surface area contributed by atoms with Crippen LogP contribution < -0.4 is 4.90 Å². The number of aliphatic imine (C=N–C) groups is 1. The molecule has 6 nitrogen and oxygen atoms in total. The first kappa shape index (κ1) is 22.5. The molecule has 0 radical (unpaired) electrons. The first-order chi connectivity index (χ1) is 14.0. The van der Waals surface area contributed by atoms with E-state index in [0.29, 0.717) is 17.1 Å². The average molecular weight is 399 g/mol. The highest BCUT2D eigenvalue weighted by Crippen LogP contribution is 2.28. The molecule has 29 heavy (non-hydrogen) atoms. The fourth-order valence-electron chi connectivity index (χ4n) is 3.00. The van der Waals surface area contributed by atoms with E-state index in [1.54, 1.807) is 19.2 Å². The van der Waals surface area contributed by atoms with E-state index in [1.165, 1.54) is 18.5 Å². The molecular weight excluding hydrogens is 367 g/mol. The van der Waals surface area contributed by atoms with Crippen molar-refractivity contribution < 1.29 is 4.39 Å². The van der Waals surface area contributed by atoms with Crippen molar-refractivity contribution in [3.8, 4) is 0 Å². The molecule has 1 saturated heterocycles. The van der Waals surface area contributed by atoms with Gasteiger partial charge in [0.1, 0.15) is 23.7 Å². The minimum atomic E-state index is -0.393. The minimum Gasteiger partial charge on any atom is -0.352 e. The number of hydrogen-bond donors (Lipinski definition) is 0. The zero-order chi connectivity index (χ0) is 21.2. The maximum Gasteiger partial charge on any atom is 0.158 e. The van der Waals surface area contributed by atoms with E-state index in [2.05, 4.69) is 33.4 Å². The van der Waals surface area contributed by atoms with Crippen molar-refractivity contribution in [3.63, 3.8) is 0 Å². The Hall–Kier alpha value is -2.80. The summed E-state index contributed by atoms with van der Waals surface area (Å²) in [6.07, 6.45) is 12.5. The van der Waals surface area contributed by atoms with E-state index in [4.69, 9.17) is 4.99 Å². The highest BCUT2D eigenvalue weighted by molar-refractivity contribution is 6.03. The SMILES string of the molecule is C=C/C=C(F)\C(=C/C)C(=Nc1cncnc1N1CCN(C)CC1)N(C)/C=C/CC. The van der Waals surface area contributed by atoms with Gasteiger partial charge in [-0.2, -0.15) is 0 Å². The van der Waals surface area contributed by atoms with Gasteiger partial charge in [0.25, 0.3) is 0 Å². The maximum absolute atomic E-state index is 14.7. The van der Waals surface area contributed by atoms with Gasteiger partial charge in [0.15, 0.2) is 5.82 Å². The lowest BCUT2D eigenvalue weighted by molar-refractivity contribution is 0.312. The first-order valence-electron chi connectivity index (χ1n) is 9.88. The third-order valence-electron chi connectivity index (χ3n) is 4.65. The third-order valence-corrected chi connectivity index (χ3v) is 4.65. The Labute approximate surface area is 173 Å². The molecule has 1 aromatic heterocycles. The maximum atomic E-state index is 14.7. The van der Waals surface area contributed by atoms with Gasteiger partial charge in [-0.05, 0) is 26.5 Å². The smallest absolute Gasteiger partial charge is 0.158 e. The van der Waals surface area contributed by atoms with Crippen LogP contribution in [0, 0.1) is 0 Å². The van der Waals surface area contributed by atoms with E-state index in [9.17, 15) is 4.39 Å². The predicted molar refractivity (Wildman–Crippen MR) is 119 cm³/mol. The highest BCUT2D eigenvalue weighted by Gasteiger charge is 2.20. The largest absolute Gasteiger partial charge is 0.352 e. The van der Waals surface area contributed by atoms with Gasteiger partial charge in [-0.3, -0.25) is 0 Å².